The molecule has 0 atom stereocenters. The maximum Gasteiger partial charge on any atom is 0.349 e. The van der Waals surface area contributed by atoms with Gasteiger partial charge in [-0.3, -0.25) is 4.72 Å². The molecule has 9 nitrogen and oxygen atoms in total. The van der Waals surface area contributed by atoms with Crippen LogP contribution >= 0.6 is 11.3 Å². The van der Waals surface area contributed by atoms with Gasteiger partial charge < -0.3 is 4.74 Å². The summed E-state index contributed by atoms with van der Waals surface area (Å²) in [5.74, 6) is -0.105. The predicted octanol–water partition coefficient (Wildman–Crippen LogP) is 2.32. The fourth-order valence-corrected chi connectivity index (χ4v) is 5.02. The van der Waals surface area contributed by atoms with Gasteiger partial charge in [-0.1, -0.05) is 12.1 Å². The van der Waals surface area contributed by atoms with Crippen molar-refractivity contribution in [2.24, 2.45) is 0 Å². The number of nitrogens with one attached hydrogen (secondary N) is 1. The first-order valence-electron chi connectivity index (χ1n) is 8.06. The lowest BCUT2D eigenvalue weighted by Crippen LogP contribution is -2.15. The summed E-state index contributed by atoms with van der Waals surface area (Å²) in [4.78, 5) is 11.7. The largest absolute Gasteiger partial charge is 0.465 e. The molecule has 3 aromatic rings. The number of carbonyl (C=O) groups is 1. The summed E-state index contributed by atoms with van der Waals surface area (Å²) in [5, 5.41) is 13.3. The molecule has 1 saturated carbocycles. The lowest BCUT2D eigenvalue weighted by molar-refractivity contribution is 0.0602. The third-order valence-electron chi connectivity index (χ3n) is 4.05. The van der Waals surface area contributed by atoms with Gasteiger partial charge in [0.05, 0.1) is 13.2 Å². The number of hydrogen-bond donors (Lipinski definition) is 1. The van der Waals surface area contributed by atoms with E-state index in [1.54, 1.807) is 22.9 Å². The molecule has 1 N–H and O–H groups in total. The average molecular weight is 405 g/mol. The Hall–Kier alpha value is -2.79. The molecule has 140 valence electrons. The minimum Gasteiger partial charge on any atom is -0.465 e. The summed E-state index contributed by atoms with van der Waals surface area (Å²) in [6, 6.07) is 8.48. The van der Waals surface area contributed by atoms with Gasteiger partial charge in [-0.15, -0.1) is 16.4 Å². The number of tetrazole rings is 1. The van der Waals surface area contributed by atoms with Crippen molar-refractivity contribution in [1.29, 1.82) is 0 Å². The van der Waals surface area contributed by atoms with E-state index in [0.717, 1.165) is 24.2 Å². The summed E-state index contributed by atoms with van der Waals surface area (Å²) < 4.78 is 34.4. The minimum atomic E-state index is -3.95. The van der Waals surface area contributed by atoms with Gasteiger partial charge in [-0.2, -0.15) is 0 Å². The van der Waals surface area contributed by atoms with Gasteiger partial charge in [0.2, 0.25) is 0 Å². The van der Waals surface area contributed by atoms with Gasteiger partial charge >= 0.3 is 5.97 Å². The molecule has 1 aliphatic carbocycles. The van der Waals surface area contributed by atoms with E-state index in [-0.39, 0.29) is 9.77 Å². The normalized spacial score (nSPS) is 14.1. The van der Waals surface area contributed by atoms with Crippen molar-refractivity contribution in [2.45, 2.75) is 23.8 Å². The highest BCUT2D eigenvalue weighted by atomic mass is 32.2. The molecule has 0 spiro atoms. The Morgan fingerprint density at radius 3 is 2.89 bits per heavy atom. The molecule has 1 aromatic carbocycles. The molecule has 0 unspecified atom stereocenters. The van der Waals surface area contributed by atoms with Crippen LogP contribution in [0.3, 0.4) is 0 Å². The molecule has 11 heteroatoms. The van der Waals surface area contributed by atoms with Crippen molar-refractivity contribution in [3.05, 3.63) is 40.6 Å². The standard InChI is InChI=1S/C16H15N5O4S2/c1-25-16(22)14-13(7-8-26-14)27(23,24)18-11-4-2-3-10(9-11)15-17-19-20-21(15)12-5-6-12/h2-4,7-9,12,18H,5-6H2,1H3. The number of nitrogens with zero attached hydrogens (tertiary/aromatic N) is 4. The number of sulfonamides is 1. The second kappa shape index (κ2) is 6.74. The third kappa shape index (κ3) is 3.43. The second-order valence-electron chi connectivity index (χ2n) is 5.97. The number of rotatable bonds is 6. The van der Waals surface area contributed by atoms with Crippen LogP contribution in [-0.4, -0.2) is 41.7 Å². The highest BCUT2D eigenvalue weighted by Crippen LogP contribution is 2.37. The summed E-state index contributed by atoms with van der Waals surface area (Å²) in [6.45, 7) is 0. The Morgan fingerprint density at radius 1 is 1.33 bits per heavy atom. The van der Waals surface area contributed by atoms with E-state index >= 15 is 0 Å². The van der Waals surface area contributed by atoms with Crippen molar-refractivity contribution < 1.29 is 17.9 Å². The maximum atomic E-state index is 12.7. The Labute approximate surface area is 159 Å². The summed E-state index contributed by atoms with van der Waals surface area (Å²) in [6.07, 6.45) is 2.05. The summed E-state index contributed by atoms with van der Waals surface area (Å²) in [5.41, 5.74) is 1.05. The van der Waals surface area contributed by atoms with Crippen molar-refractivity contribution in [1.82, 2.24) is 20.2 Å². The topological polar surface area (TPSA) is 116 Å². The fraction of sp³-hybridized carbons (Fsp3) is 0.250. The SMILES string of the molecule is COC(=O)c1sccc1S(=O)(=O)Nc1cccc(-c2nnnn2C2CC2)c1. The smallest absolute Gasteiger partial charge is 0.349 e. The average Bonchev–Trinajstić information content (AvgIpc) is 3.18. The van der Waals surface area contributed by atoms with Crippen LogP contribution in [0.5, 0.6) is 0 Å². The highest BCUT2D eigenvalue weighted by molar-refractivity contribution is 7.93. The van der Waals surface area contributed by atoms with E-state index in [2.05, 4.69) is 25.0 Å². The van der Waals surface area contributed by atoms with Crippen LogP contribution in [0, 0.1) is 0 Å². The van der Waals surface area contributed by atoms with Gasteiger partial charge in [-0.25, -0.2) is 17.9 Å². The van der Waals surface area contributed by atoms with Gasteiger partial charge in [-0.05, 0) is 46.8 Å². The third-order valence-corrected chi connectivity index (χ3v) is 6.50. The second-order valence-corrected chi connectivity index (χ2v) is 8.54. The van der Waals surface area contributed by atoms with Crippen molar-refractivity contribution in [2.75, 3.05) is 11.8 Å². The number of ether oxygens (including phenoxy) is 1. The molecule has 1 fully saturated rings. The Morgan fingerprint density at radius 2 is 2.15 bits per heavy atom. The van der Waals surface area contributed by atoms with Crippen LogP contribution in [0.25, 0.3) is 11.4 Å². The number of esters is 1. The Balaban J connectivity index is 1.64. The number of anilines is 1. The molecular weight excluding hydrogens is 390 g/mol. The molecule has 0 saturated heterocycles. The molecule has 0 radical (unpaired) electrons. The minimum absolute atomic E-state index is 0.0267. The lowest BCUT2D eigenvalue weighted by Gasteiger charge is -2.10. The van der Waals surface area contributed by atoms with E-state index in [1.807, 2.05) is 6.07 Å². The van der Waals surface area contributed by atoms with Crippen molar-refractivity contribution in [3.63, 3.8) is 0 Å². The van der Waals surface area contributed by atoms with E-state index in [1.165, 1.54) is 18.6 Å². The molecule has 2 aromatic heterocycles. The maximum absolute atomic E-state index is 12.7. The molecule has 1 aliphatic rings. The molecular formula is C16H15N5O4S2. The van der Waals surface area contributed by atoms with Crippen LogP contribution in [0.4, 0.5) is 5.69 Å². The Kier molecular flexibility index (Phi) is 4.40. The van der Waals surface area contributed by atoms with Crippen LogP contribution in [-0.2, 0) is 14.8 Å². The fourth-order valence-electron chi connectivity index (χ4n) is 2.63. The van der Waals surface area contributed by atoms with Gasteiger partial charge in [0.15, 0.2) is 5.82 Å². The molecule has 4 rings (SSSR count). The first-order valence-corrected chi connectivity index (χ1v) is 10.4. The van der Waals surface area contributed by atoms with Crippen LogP contribution in [0.1, 0.15) is 28.6 Å². The number of thiophene rings is 1. The number of hydrogen-bond acceptors (Lipinski definition) is 8. The number of carbonyl (C=O) groups excluding carboxylic acids is 1. The molecule has 0 aliphatic heterocycles. The van der Waals surface area contributed by atoms with E-state index in [4.69, 9.17) is 0 Å². The molecule has 0 amide bonds. The van der Waals surface area contributed by atoms with Crippen molar-refractivity contribution >= 4 is 33.0 Å². The zero-order valence-corrected chi connectivity index (χ0v) is 15.8. The summed E-state index contributed by atoms with van der Waals surface area (Å²) in [7, 11) is -2.75. The number of benzene rings is 1. The quantitative estimate of drug-likeness (QED) is 0.626. The molecule has 27 heavy (non-hydrogen) atoms. The van der Waals surface area contributed by atoms with Crippen LogP contribution in [0.15, 0.2) is 40.6 Å². The first kappa shape index (κ1) is 17.6. The number of methoxy groups -OCH3 is 1. The van der Waals surface area contributed by atoms with E-state index < -0.39 is 16.0 Å². The van der Waals surface area contributed by atoms with E-state index in [9.17, 15) is 13.2 Å². The van der Waals surface area contributed by atoms with Gasteiger partial charge in [0.1, 0.15) is 9.77 Å². The Bertz CT molecular complexity index is 1100. The lowest BCUT2D eigenvalue weighted by atomic mass is 10.2. The zero-order valence-electron chi connectivity index (χ0n) is 14.2. The van der Waals surface area contributed by atoms with Gasteiger partial charge in [0.25, 0.3) is 10.0 Å². The van der Waals surface area contributed by atoms with Crippen LogP contribution < -0.4 is 4.72 Å². The van der Waals surface area contributed by atoms with Crippen molar-refractivity contribution in [3.8, 4) is 11.4 Å². The predicted molar refractivity (Wildman–Crippen MR) is 98.0 cm³/mol. The van der Waals surface area contributed by atoms with Gasteiger partial charge in [0, 0.05) is 11.3 Å². The van der Waals surface area contributed by atoms with Crippen LogP contribution in [0.2, 0.25) is 0 Å². The van der Waals surface area contributed by atoms with E-state index in [0.29, 0.717) is 23.1 Å². The molecule has 0 bridgehead atoms. The monoisotopic (exact) mass is 405 g/mol. The zero-order chi connectivity index (χ0) is 19.0. The summed E-state index contributed by atoms with van der Waals surface area (Å²) >= 11 is 1.01. The molecule has 2 heterocycles. The first-order chi connectivity index (χ1) is 13.0. The highest BCUT2D eigenvalue weighted by Gasteiger charge is 2.28. The number of aromatic nitrogens is 4.